The maximum absolute atomic E-state index is 13.4. The molecule has 2 aromatic carbocycles. The van der Waals surface area contributed by atoms with Crippen LogP contribution in [0.2, 0.25) is 0 Å². The number of carbonyl (C=O) groups excluding carboxylic acids is 1. The predicted molar refractivity (Wildman–Crippen MR) is 98.3 cm³/mol. The van der Waals surface area contributed by atoms with Gasteiger partial charge in [-0.3, -0.25) is 4.79 Å². The molecule has 0 bridgehead atoms. The van der Waals surface area contributed by atoms with E-state index in [4.69, 9.17) is 4.74 Å². The molecule has 0 atom stereocenters. The lowest BCUT2D eigenvalue weighted by Crippen LogP contribution is -2.28. The van der Waals surface area contributed by atoms with Crippen LogP contribution in [-0.4, -0.2) is 30.6 Å². The summed E-state index contributed by atoms with van der Waals surface area (Å²) < 4.78 is 31.9. The van der Waals surface area contributed by atoms with E-state index in [2.05, 4.69) is 5.32 Å². The lowest BCUT2D eigenvalue weighted by atomic mass is 10.1. The van der Waals surface area contributed by atoms with Crippen molar-refractivity contribution in [1.82, 2.24) is 5.32 Å². The highest BCUT2D eigenvalue weighted by Crippen LogP contribution is 2.45. The zero-order valence-corrected chi connectivity index (χ0v) is 15.0. The molecule has 132 valence electrons. The number of carbonyl (C=O) groups is 1. The van der Waals surface area contributed by atoms with Crippen LogP contribution in [0, 0.1) is 11.6 Å². The molecule has 0 unspecified atom stereocenters. The summed E-state index contributed by atoms with van der Waals surface area (Å²) in [4.78, 5) is 12.1. The van der Waals surface area contributed by atoms with Gasteiger partial charge in [-0.1, -0.05) is 12.1 Å². The third-order valence-corrected chi connectivity index (χ3v) is 6.71. The van der Waals surface area contributed by atoms with Gasteiger partial charge < -0.3 is 10.1 Å². The minimum Gasteiger partial charge on any atom is -0.489 e. The first-order valence-corrected chi connectivity index (χ1v) is 9.92. The number of hydrogen-bond acceptors (Lipinski definition) is 4. The van der Waals surface area contributed by atoms with Gasteiger partial charge in [0.15, 0.2) is 11.6 Å². The average molecular weight is 381 g/mol. The molecule has 0 aliphatic carbocycles. The number of rotatable bonds is 6. The number of benzene rings is 2. The van der Waals surface area contributed by atoms with Crippen molar-refractivity contribution in [2.75, 3.05) is 24.7 Å². The second-order valence-electron chi connectivity index (χ2n) is 5.37. The summed E-state index contributed by atoms with van der Waals surface area (Å²) in [6.45, 7) is 0.327. The molecule has 3 nitrogen and oxygen atoms in total. The number of halogens is 2. The fourth-order valence-electron chi connectivity index (χ4n) is 2.36. The van der Waals surface area contributed by atoms with Gasteiger partial charge in [0.25, 0.3) is 5.91 Å². The van der Waals surface area contributed by atoms with Crippen LogP contribution in [0.5, 0.6) is 5.75 Å². The molecule has 7 heteroatoms. The molecule has 2 aromatic rings. The molecule has 1 aliphatic heterocycles. The van der Waals surface area contributed by atoms with Crippen molar-refractivity contribution in [3.8, 4) is 5.75 Å². The molecular formula is C18H17F2NO2S2. The topological polar surface area (TPSA) is 38.3 Å². The van der Waals surface area contributed by atoms with Crippen molar-refractivity contribution < 1.29 is 18.3 Å². The van der Waals surface area contributed by atoms with Crippen LogP contribution < -0.4 is 10.1 Å². The van der Waals surface area contributed by atoms with Crippen LogP contribution in [0.3, 0.4) is 0 Å². The largest absolute Gasteiger partial charge is 0.489 e. The summed E-state index contributed by atoms with van der Waals surface area (Å²) in [5, 5.41) is 2.72. The summed E-state index contributed by atoms with van der Waals surface area (Å²) in [7, 11) is 0. The van der Waals surface area contributed by atoms with E-state index in [-0.39, 0.29) is 24.8 Å². The highest BCUT2D eigenvalue weighted by Gasteiger charge is 2.18. The maximum atomic E-state index is 13.4. The van der Waals surface area contributed by atoms with Crippen molar-refractivity contribution in [1.29, 1.82) is 0 Å². The van der Waals surface area contributed by atoms with Gasteiger partial charge in [-0.25, -0.2) is 8.78 Å². The minimum atomic E-state index is -0.760. The normalized spacial score (nSPS) is 14.5. The molecule has 1 aliphatic rings. The van der Waals surface area contributed by atoms with Crippen molar-refractivity contribution in [3.63, 3.8) is 0 Å². The molecule has 0 aromatic heterocycles. The van der Waals surface area contributed by atoms with Crippen molar-refractivity contribution in [2.45, 2.75) is 4.58 Å². The van der Waals surface area contributed by atoms with E-state index < -0.39 is 11.6 Å². The van der Waals surface area contributed by atoms with E-state index in [1.54, 1.807) is 0 Å². The van der Waals surface area contributed by atoms with E-state index in [0.29, 0.717) is 10.1 Å². The van der Waals surface area contributed by atoms with Gasteiger partial charge in [0, 0.05) is 23.1 Å². The number of hydrogen-bond donors (Lipinski definition) is 1. The Morgan fingerprint density at radius 1 is 1.12 bits per heavy atom. The van der Waals surface area contributed by atoms with E-state index in [1.807, 2.05) is 47.8 Å². The SMILES string of the molecule is O=C(NCCOc1ccc(F)cc1F)c1ccc(C2SCCS2)cc1. The van der Waals surface area contributed by atoms with Crippen LogP contribution in [0.1, 0.15) is 20.5 Å². The zero-order valence-electron chi connectivity index (χ0n) is 13.3. The lowest BCUT2D eigenvalue weighted by molar-refractivity contribution is 0.0946. The van der Waals surface area contributed by atoms with Gasteiger partial charge >= 0.3 is 0 Å². The molecule has 0 saturated carbocycles. The fraction of sp³-hybridized carbons (Fsp3) is 0.278. The summed E-state index contributed by atoms with van der Waals surface area (Å²) in [5.74, 6) is 0.659. The van der Waals surface area contributed by atoms with E-state index >= 15 is 0 Å². The predicted octanol–water partition coefficient (Wildman–Crippen LogP) is 4.25. The third-order valence-electron chi connectivity index (χ3n) is 3.61. The van der Waals surface area contributed by atoms with Gasteiger partial charge in [0.05, 0.1) is 11.1 Å². The Balaban J connectivity index is 1.45. The summed E-state index contributed by atoms with van der Waals surface area (Å²) >= 11 is 3.84. The van der Waals surface area contributed by atoms with E-state index in [1.165, 1.54) is 11.6 Å². The van der Waals surface area contributed by atoms with Crippen molar-refractivity contribution >= 4 is 29.4 Å². The molecular weight excluding hydrogens is 364 g/mol. The Labute approximate surface area is 153 Å². The first kappa shape index (κ1) is 18.1. The lowest BCUT2D eigenvalue weighted by Gasteiger charge is -2.10. The summed E-state index contributed by atoms with van der Waals surface area (Å²) in [6, 6.07) is 10.7. The van der Waals surface area contributed by atoms with Crippen molar-refractivity contribution in [3.05, 3.63) is 65.2 Å². The van der Waals surface area contributed by atoms with E-state index in [0.717, 1.165) is 23.6 Å². The maximum Gasteiger partial charge on any atom is 0.251 e. The van der Waals surface area contributed by atoms with Crippen molar-refractivity contribution in [2.24, 2.45) is 0 Å². The monoisotopic (exact) mass is 381 g/mol. The average Bonchev–Trinajstić information content (AvgIpc) is 3.15. The second kappa shape index (κ2) is 8.58. The Kier molecular flexibility index (Phi) is 6.20. The Morgan fingerprint density at radius 3 is 2.52 bits per heavy atom. The number of nitrogens with one attached hydrogen (secondary N) is 1. The van der Waals surface area contributed by atoms with E-state index in [9.17, 15) is 13.6 Å². The quantitative estimate of drug-likeness (QED) is 0.759. The highest BCUT2D eigenvalue weighted by atomic mass is 32.2. The molecule has 1 amide bonds. The Morgan fingerprint density at radius 2 is 1.84 bits per heavy atom. The minimum absolute atomic E-state index is 0.0356. The second-order valence-corrected chi connectivity index (χ2v) is 8.10. The number of thioether (sulfide) groups is 2. The molecule has 1 fully saturated rings. The smallest absolute Gasteiger partial charge is 0.251 e. The zero-order chi connectivity index (χ0) is 17.6. The van der Waals surface area contributed by atoms with Crippen LogP contribution in [0.15, 0.2) is 42.5 Å². The van der Waals surface area contributed by atoms with Crippen LogP contribution in [0.25, 0.3) is 0 Å². The van der Waals surface area contributed by atoms with Gasteiger partial charge in [-0.05, 0) is 29.8 Å². The van der Waals surface area contributed by atoms with Crippen LogP contribution in [0.4, 0.5) is 8.78 Å². The van der Waals surface area contributed by atoms with Crippen LogP contribution in [-0.2, 0) is 0 Å². The molecule has 25 heavy (non-hydrogen) atoms. The molecule has 1 heterocycles. The molecule has 1 N–H and O–H groups in total. The van der Waals surface area contributed by atoms with Gasteiger partial charge in [-0.15, -0.1) is 23.5 Å². The summed E-state index contributed by atoms with van der Waals surface area (Å²) in [6.07, 6.45) is 0. The number of ether oxygens (including phenoxy) is 1. The molecule has 0 radical (unpaired) electrons. The third kappa shape index (κ3) is 4.89. The Bertz CT molecular complexity index is 734. The Hall–Kier alpha value is -1.73. The van der Waals surface area contributed by atoms with Gasteiger partial charge in [-0.2, -0.15) is 0 Å². The molecule has 1 saturated heterocycles. The first-order valence-electron chi connectivity index (χ1n) is 7.83. The summed E-state index contributed by atoms with van der Waals surface area (Å²) in [5.41, 5.74) is 1.80. The van der Waals surface area contributed by atoms with Gasteiger partial charge in [0.2, 0.25) is 0 Å². The molecule has 0 spiro atoms. The first-order chi connectivity index (χ1) is 12.1. The number of amides is 1. The van der Waals surface area contributed by atoms with Gasteiger partial charge in [0.1, 0.15) is 12.4 Å². The standard InChI is InChI=1S/C18H17F2NO2S2/c19-14-5-6-16(15(20)11-14)23-8-7-21-17(22)12-1-3-13(4-2-12)18-24-9-10-25-18/h1-6,11,18H,7-10H2,(H,21,22). The fourth-order valence-corrected chi connectivity index (χ4v) is 5.22. The van der Waals surface area contributed by atoms with Crippen LogP contribution >= 0.6 is 23.5 Å². The molecule has 3 rings (SSSR count). The highest BCUT2D eigenvalue weighted by molar-refractivity contribution is 8.19.